The standard InChI is InChI=1S/C22H33N3O8/c1-12(2)6-15(19(28)22(4)11-32-22)23-20(29)14(9-26)8-18(27)17(10-31-5)24-21(30)16-7-13(3)33-25-16/h7,12,14-15,17,26H,6,8-11H2,1-5H3,(H,23,29)(H,24,30)/t14-,15-,17-,22+/m0/s1. The third kappa shape index (κ3) is 7.44. The number of nitrogens with zero attached hydrogens (tertiary/aromatic N) is 1. The molecule has 3 N–H and O–H groups in total. The number of carbonyl (C=O) groups excluding carboxylic acids is 4. The number of methoxy groups -OCH3 is 1. The van der Waals surface area contributed by atoms with Crippen molar-refractivity contribution in [2.75, 3.05) is 26.9 Å². The number of amides is 2. The minimum absolute atomic E-state index is 0.00341. The van der Waals surface area contributed by atoms with Crippen LogP contribution in [0.15, 0.2) is 10.6 Å². The zero-order chi connectivity index (χ0) is 24.8. The summed E-state index contributed by atoms with van der Waals surface area (Å²) in [5.74, 6) is -2.54. The van der Waals surface area contributed by atoms with Gasteiger partial charge in [0.2, 0.25) is 5.91 Å². The van der Waals surface area contributed by atoms with Crippen LogP contribution >= 0.6 is 0 Å². The fourth-order valence-electron chi connectivity index (χ4n) is 3.32. The number of nitrogens with one attached hydrogen (secondary N) is 2. The van der Waals surface area contributed by atoms with Crippen LogP contribution in [0.3, 0.4) is 0 Å². The van der Waals surface area contributed by atoms with E-state index in [4.69, 9.17) is 14.0 Å². The van der Waals surface area contributed by atoms with Gasteiger partial charge in [-0.1, -0.05) is 19.0 Å². The van der Waals surface area contributed by atoms with E-state index in [0.29, 0.717) is 18.8 Å². The zero-order valence-electron chi connectivity index (χ0n) is 19.7. The second-order valence-corrected chi connectivity index (χ2v) is 8.93. The molecule has 33 heavy (non-hydrogen) atoms. The molecule has 4 atom stereocenters. The second-order valence-electron chi connectivity index (χ2n) is 8.93. The van der Waals surface area contributed by atoms with E-state index in [1.165, 1.54) is 13.2 Å². The smallest absolute Gasteiger partial charge is 0.274 e. The maximum absolute atomic E-state index is 12.8. The topological polar surface area (TPSA) is 160 Å². The largest absolute Gasteiger partial charge is 0.396 e. The Morgan fingerprint density at radius 1 is 1.24 bits per heavy atom. The summed E-state index contributed by atoms with van der Waals surface area (Å²) in [5.41, 5.74) is -0.909. The van der Waals surface area contributed by atoms with Gasteiger partial charge in [-0.25, -0.2) is 0 Å². The molecule has 0 aliphatic carbocycles. The van der Waals surface area contributed by atoms with Crippen molar-refractivity contribution < 1.29 is 38.3 Å². The molecule has 11 heteroatoms. The third-order valence-corrected chi connectivity index (χ3v) is 5.37. The van der Waals surface area contributed by atoms with Crippen molar-refractivity contribution in [2.45, 2.75) is 58.2 Å². The Bertz CT molecular complexity index is 862. The number of aromatic nitrogens is 1. The van der Waals surface area contributed by atoms with Gasteiger partial charge in [0.25, 0.3) is 5.91 Å². The van der Waals surface area contributed by atoms with Gasteiger partial charge in [0, 0.05) is 19.6 Å². The normalized spacial score (nSPS) is 20.1. The molecule has 2 rings (SSSR count). The van der Waals surface area contributed by atoms with Gasteiger partial charge >= 0.3 is 0 Å². The summed E-state index contributed by atoms with van der Waals surface area (Å²) in [4.78, 5) is 50.7. The number of rotatable bonds is 14. The summed E-state index contributed by atoms with van der Waals surface area (Å²) in [6.07, 6.45) is 0.0416. The summed E-state index contributed by atoms with van der Waals surface area (Å²) < 4.78 is 15.1. The Balaban J connectivity index is 2.04. The molecular formula is C22H33N3O8. The third-order valence-electron chi connectivity index (χ3n) is 5.37. The molecule has 0 unspecified atom stereocenters. The fourth-order valence-corrected chi connectivity index (χ4v) is 3.32. The zero-order valence-corrected chi connectivity index (χ0v) is 19.7. The lowest BCUT2D eigenvalue weighted by Gasteiger charge is -2.24. The lowest BCUT2D eigenvalue weighted by molar-refractivity contribution is -0.135. The Hall–Kier alpha value is -2.63. The first kappa shape index (κ1) is 26.6. The number of aliphatic hydroxyl groups excluding tert-OH is 1. The number of hydrogen-bond acceptors (Lipinski definition) is 9. The average Bonchev–Trinajstić information content (AvgIpc) is 3.35. The van der Waals surface area contributed by atoms with Crippen LogP contribution in [0.5, 0.6) is 0 Å². The van der Waals surface area contributed by atoms with Crippen molar-refractivity contribution in [3.8, 4) is 0 Å². The van der Waals surface area contributed by atoms with Crippen molar-refractivity contribution in [2.24, 2.45) is 11.8 Å². The lowest BCUT2D eigenvalue weighted by Crippen LogP contribution is -2.50. The van der Waals surface area contributed by atoms with Gasteiger partial charge in [0.15, 0.2) is 17.3 Å². The van der Waals surface area contributed by atoms with Crippen molar-refractivity contribution in [3.05, 3.63) is 17.5 Å². The molecule has 2 amide bonds. The molecule has 0 radical (unpaired) electrons. The van der Waals surface area contributed by atoms with Crippen LogP contribution in [0.2, 0.25) is 0 Å². The molecule has 1 aromatic rings. The highest BCUT2D eigenvalue weighted by molar-refractivity contribution is 5.99. The quantitative estimate of drug-likeness (QED) is 0.324. The van der Waals surface area contributed by atoms with Crippen molar-refractivity contribution in [1.29, 1.82) is 0 Å². The molecule has 0 spiro atoms. The monoisotopic (exact) mass is 467 g/mol. The molecule has 2 heterocycles. The highest BCUT2D eigenvalue weighted by Crippen LogP contribution is 2.29. The van der Waals surface area contributed by atoms with E-state index in [9.17, 15) is 24.3 Å². The van der Waals surface area contributed by atoms with Crippen molar-refractivity contribution >= 4 is 23.4 Å². The van der Waals surface area contributed by atoms with Crippen LogP contribution < -0.4 is 10.6 Å². The highest BCUT2D eigenvalue weighted by atomic mass is 16.6. The van der Waals surface area contributed by atoms with Gasteiger partial charge in [-0.05, 0) is 26.2 Å². The van der Waals surface area contributed by atoms with Crippen LogP contribution in [-0.2, 0) is 23.9 Å². The molecule has 11 nitrogen and oxygen atoms in total. The second kappa shape index (κ2) is 11.5. The summed E-state index contributed by atoms with van der Waals surface area (Å²) in [6.45, 7) is 6.68. The molecule has 0 bridgehead atoms. The molecule has 1 saturated heterocycles. The Kier molecular flexibility index (Phi) is 9.26. The van der Waals surface area contributed by atoms with Crippen LogP contribution in [0.4, 0.5) is 0 Å². The van der Waals surface area contributed by atoms with Crippen molar-refractivity contribution in [1.82, 2.24) is 15.8 Å². The number of hydrogen-bond donors (Lipinski definition) is 3. The lowest BCUT2D eigenvalue weighted by atomic mass is 9.92. The molecular weight excluding hydrogens is 434 g/mol. The first-order valence-corrected chi connectivity index (χ1v) is 10.9. The predicted molar refractivity (Wildman–Crippen MR) is 115 cm³/mol. The summed E-state index contributed by atoms with van der Waals surface area (Å²) in [6, 6.07) is -0.434. The van der Waals surface area contributed by atoms with Gasteiger partial charge in [-0.15, -0.1) is 0 Å². The maximum Gasteiger partial charge on any atom is 0.274 e. The Labute approximate surface area is 192 Å². The van der Waals surface area contributed by atoms with Crippen LogP contribution in [0.1, 0.15) is 49.9 Å². The Morgan fingerprint density at radius 3 is 2.39 bits per heavy atom. The van der Waals surface area contributed by atoms with E-state index in [1.807, 2.05) is 13.8 Å². The number of aliphatic hydroxyl groups is 1. The number of Topliss-reactive ketones (excluding diaryl/α,β-unsaturated/α-hetero) is 2. The SMILES string of the molecule is COC[C@H](NC(=O)c1cc(C)on1)C(=O)C[C@@H](CO)C(=O)N[C@@H](CC(C)C)C(=O)[C@@]1(C)CO1. The van der Waals surface area contributed by atoms with E-state index in [-0.39, 0.29) is 30.4 Å². The van der Waals surface area contributed by atoms with E-state index < -0.39 is 47.8 Å². The molecule has 1 aliphatic rings. The number of carbonyl (C=O) groups is 4. The van der Waals surface area contributed by atoms with Crippen LogP contribution in [0.25, 0.3) is 0 Å². The van der Waals surface area contributed by atoms with Gasteiger partial charge in [0.05, 0.1) is 31.8 Å². The predicted octanol–water partition coefficient (Wildman–Crippen LogP) is 0.184. The summed E-state index contributed by atoms with van der Waals surface area (Å²) in [5, 5.41) is 18.5. The van der Waals surface area contributed by atoms with Crippen LogP contribution in [0, 0.1) is 18.8 Å². The molecule has 1 aliphatic heterocycles. The fraction of sp³-hybridized carbons (Fsp3) is 0.682. The Morgan fingerprint density at radius 2 is 1.91 bits per heavy atom. The van der Waals surface area contributed by atoms with Crippen molar-refractivity contribution in [3.63, 3.8) is 0 Å². The minimum atomic E-state index is -1.10. The molecule has 184 valence electrons. The average molecular weight is 468 g/mol. The van der Waals surface area contributed by atoms with Gasteiger partial charge in [-0.3, -0.25) is 19.2 Å². The maximum atomic E-state index is 12.8. The number of aryl methyl sites for hydroxylation is 1. The molecule has 1 aromatic heterocycles. The van der Waals surface area contributed by atoms with E-state index in [2.05, 4.69) is 15.8 Å². The van der Waals surface area contributed by atoms with E-state index in [0.717, 1.165) is 0 Å². The van der Waals surface area contributed by atoms with E-state index in [1.54, 1.807) is 13.8 Å². The molecule has 0 saturated carbocycles. The number of ether oxygens (including phenoxy) is 2. The highest BCUT2D eigenvalue weighted by Gasteiger charge is 2.50. The van der Waals surface area contributed by atoms with E-state index >= 15 is 0 Å². The molecule has 0 aromatic carbocycles. The summed E-state index contributed by atoms with van der Waals surface area (Å²) >= 11 is 0. The molecule has 1 fully saturated rings. The number of epoxide rings is 1. The van der Waals surface area contributed by atoms with Gasteiger partial charge in [0.1, 0.15) is 17.4 Å². The first-order valence-electron chi connectivity index (χ1n) is 10.9. The van der Waals surface area contributed by atoms with Crippen LogP contribution in [-0.4, -0.2) is 78.3 Å². The number of ketones is 2. The minimum Gasteiger partial charge on any atom is -0.396 e. The van der Waals surface area contributed by atoms with Gasteiger partial charge in [-0.2, -0.15) is 0 Å². The van der Waals surface area contributed by atoms with Gasteiger partial charge < -0.3 is 29.7 Å². The first-order chi connectivity index (χ1) is 15.5. The summed E-state index contributed by atoms with van der Waals surface area (Å²) in [7, 11) is 1.37.